The molecule has 1 rings (SSSR count). The molecule has 1 aromatic carbocycles. The van der Waals surface area contributed by atoms with E-state index in [1.165, 1.54) is 5.56 Å². The zero-order valence-electron chi connectivity index (χ0n) is 9.33. The molecule has 0 amide bonds. The number of hydrogen-bond acceptors (Lipinski definition) is 2. The molecule has 1 atom stereocenters. The molecule has 0 bridgehead atoms. The number of rotatable bonds is 3. The lowest BCUT2D eigenvalue weighted by atomic mass is 10.1. The van der Waals surface area contributed by atoms with Crippen LogP contribution in [0.1, 0.15) is 38.2 Å². The van der Waals surface area contributed by atoms with E-state index in [1.54, 1.807) is 0 Å². The van der Waals surface area contributed by atoms with Crippen LogP contribution in [0.2, 0.25) is 0 Å². The van der Waals surface area contributed by atoms with Gasteiger partial charge in [-0.15, -0.1) is 0 Å². The number of hydrogen-bond donors (Lipinski definition) is 1. The predicted molar refractivity (Wildman–Crippen MR) is 64.9 cm³/mol. The van der Waals surface area contributed by atoms with Crippen LogP contribution >= 0.6 is 15.9 Å². The van der Waals surface area contributed by atoms with Crippen LogP contribution in [0, 0.1) is 0 Å². The fourth-order valence-corrected chi connectivity index (χ4v) is 1.55. The number of aliphatic hydroxyl groups excluding tert-OH is 1. The zero-order valence-corrected chi connectivity index (χ0v) is 10.9. The lowest BCUT2D eigenvalue weighted by Crippen LogP contribution is -2.22. The van der Waals surface area contributed by atoms with Crippen molar-refractivity contribution in [3.63, 3.8) is 0 Å². The van der Waals surface area contributed by atoms with Crippen molar-refractivity contribution in [1.82, 2.24) is 0 Å². The maximum Gasteiger partial charge on any atom is 0.181 e. The van der Waals surface area contributed by atoms with Gasteiger partial charge in [0.25, 0.3) is 0 Å². The van der Waals surface area contributed by atoms with E-state index in [1.807, 2.05) is 45.0 Å². The van der Waals surface area contributed by atoms with Crippen LogP contribution in [-0.4, -0.2) is 10.7 Å². The van der Waals surface area contributed by atoms with Gasteiger partial charge in [0.1, 0.15) is 0 Å². The van der Waals surface area contributed by atoms with Crippen LogP contribution in [0.3, 0.4) is 0 Å². The minimum Gasteiger partial charge on any atom is -0.364 e. The van der Waals surface area contributed by atoms with E-state index in [-0.39, 0.29) is 5.60 Å². The van der Waals surface area contributed by atoms with Crippen LogP contribution in [0.15, 0.2) is 24.3 Å². The van der Waals surface area contributed by atoms with Gasteiger partial charge >= 0.3 is 0 Å². The third-order valence-electron chi connectivity index (χ3n) is 1.88. The standard InChI is InChI=1S/C12H17BrO2/c1-12(2,3)15-11(14)10-6-4-9(8-13)5-7-10/h4-7,11,14H,8H2,1-3H3. The minimum atomic E-state index is -0.852. The number of ether oxygens (including phenoxy) is 1. The van der Waals surface area contributed by atoms with E-state index in [0.717, 1.165) is 10.9 Å². The second kappa shape index (κ2) is 5.10. The molecule has 3 heteroatoms. The smallest absolute Gasteiger partial charge is 0.181 e. The van der Waals surface area contributed by atoms with Gasteiger partial charge in [-0.2, -0.15) is 0 Å². The van der Waals surface area contributed by atoms with E-state index < -0.39 is 6.29 Å². The molecule has 0 aliphatic carbocycles. The summed E-state index contributed by atoms with van der Waals surface area (Å²) in [4.78, 5) is 0. The summed E-state index contributed by atoms with van der Waals surface area (Å²) in [5, 5.41) is 10.6. The molecule has 0 saturated heterocycles. The lowest BCUT2D eigenvalue weighted by molar-refractivity contribution is -0.169. The van der Waals surface area contributed by atoms with Gasteiger partial charge in [-0.1, -0.05) is 40.2 Å². The molecule has 15 heavy (non-hydrogen) atoms. The summed E-state index contributed by atoms with van der Waals surface area (Å²) in [5.74, 6) is 0. The van der Waals surface area contributed by atoms with Crippen LogP contribution in [0.4, 0.5) is 0 Å². The number of halogens is 1. The fraction of sp³-hybridized carbons (Fsp3) is 0.500. The first kappa shape index (κ1) is 12.7. The van der Waals surface area contributed by atoms with E-state index in [0.29, 0.717) is 0 Å². The second-order valence-electron chi connectivity index (χ2n) is 4.46. The van der Waals surface area contributed by atoms with Gasteiger partial charge in [0.2, 0.25) is 0 Å². The largest absolute Gasteiger partial charge is 0.364 e. The summed E-state index contributed by atoms with van der Waals surface area (Å²) in [6.45, 7) is 5.76. The van der Waals surface area contributed by atoms with Gasteiger partial charge in [0.15, 0.2) is 6.29 Å². The summed E-state index contributed by atoms with van der Waals surface area (Å²) in [6.07, 6.45) is -0.852. The topological polar surface area (TPSA) is 29.5 Å². The highest BCUT2D eigenvalue weighted by Gasteiger charge is 2.17. The summed E-state index contributed by atoms with van der Waals surface area (Å²) in [5.41, 5.74) is 1.63. The minimum absolute atomic E-state index is 0.340. The van der Waals surface area contributed by atoms with Gasteiger partial charge in [-0.25, -0.2) is 0 Å². The summed E-state index contributed by atoms with van der Waals surface area (Å²) < 4.78 is 5.44. The van der Waals surface area contributed by atoms with E-state index in [9.17, 15) is 5.11 Å². The van der Waals surface area contributed by atoms with Crippen molar-refractivity contribution < 1.29 is 9.84 Å². The molecule has 0 heterocycles. The van der Waals surface area contributed by atoms with Crippen molar-refractivity contribution in [2.45, 2.75) is 38.0 Å². The van der Waals surface area contributed by atoms with Gasteiger partial charge in [0.05, 0.1) is 5.60 Å². The van der Waals surface area contributed by atoms with Crippen molar-refractivity contribution in [1.29, 1.82) is 0 Å². The molecule has 1 N–H and O–H groups in total. The Kier molecular flexibility index (Phi) is 4.32. The first-order valence-corrected chi connectivity index (χ1v) is 6.05. The molecule has 0 radical (unpaired) electrons. The molecule has 1 aromatic rings. The first-order valence-electron chi connectivity index (χ1n) is 4.93. The van der Waals surface area contributed by atoms with Crippen molar-refractivity contribution in [3.05, 3.63) is 35.4 Å². The molecule has 1 unspecified atom stereocenters. The van der Waals surface area contributed by atoms with Gasteiger partial charge in [-0.05, 0) is 26.3 Å². The van der Waals surface area contributed by atoms with E-state index in [4.69, 9.17) is 4.74 Å². The third-order valence-corrected chi connectivity index (χ3v) is 2.53. The predicted octanol–water partition coefficient (Wildman–Crippen LogP) is 3.39. The SMILES string of the molecule is CC(C)(C)OC(O)c1ccc(CBr)cc1. The monoisotopic (exact) mass is 272 g/mol. The first-order chi connectivity index (χ1) is 6.92. The quantitative estimate of drug-likeness (QED) is 0.675. The van der Waals surface area contributed by atoms with Crippen molar-refractivity contribution >= 4 is 15.9 Å². The van der Waals surface area contributed by atoms with Crippen LogP contribution in [0.25, 0.3) is 0 Å². The van der Waals surface area contributed by atoms with Crippen LogP contribution in [0.5, 0.6) is 0 Å². The van der Waals surface area contributed by atoms with Crippen LogP contribution < -0.4 is 0 Å². The highest BCUT2D eigenvalue weighted by atomic mass is 79.9. The van der Waals surface area contributed by atoms with Crippen molar-refractivity contribution in [3.8, 4) is 0 Å². The van der Waals surface area contributed by atoms with Crippen molar-refractivity contribution in [2.75, 3.05) is 0 Å². The maximum absolute atomic E-state index is 9.79. The number of aliphatic hydroxyl groups is 1. The fourth-order valence-electron chi connectivity index (χ4n) is 1.17. The summed E-state index contributed by atoms with van der Waals surface area (Å²) >= 11 is 3.37. The molecular weight excluding hydrogens is 256 g/mol. The Labute approximate surface area is 99.4 Å². The molecule has 0 fully saturated rings. The second-order valence-corrected chi connectivity index (χ2v) is 5.02. The highest BCUT2D eigenvalue weighted by Crippen LogP contribution is 2.22. The van der Waals surface area contributed by atoms with Gasteiger partial charge in [0, 0.05) is 10.9 Å². The average Bonchev–Trinajstić information content (AvgIpc) is 2.15. The molecule has 0 aromatic heterocycles. The molecule has 2 nitrogen and oxygen atoms in total. The van der Waals surface area contributed by atoms with Crippen LogP contribution in [-0.2, 0) is 10.1 Å². The third kappa shape index (κ3) is 4.33. The normalized spacial score (nSPS) is 13.9. The molecular formula is C12H17BrO2. The molecule has 84 valence electrons. The Morgan fingerprint density at radius 3 is 2.20 bits per heavy atom. The maximum atomic E-state index is 9.79. The zero-order chi connectivity index (χ0) is 11.5. The van der Waals surface area contributed by atoms with Crippen molar-refractivity contribution in [2.24, 2.45) is 0 Å². The number of benzene rings is 1. The molecule has 0 aliphatic heterocycles. The van der Waals surface area contributed by atoms with Gasteiger partial charge in [-0.3, -0.25) is 0 Å². The molecule has 0 saturated carbocycles. The lowest BCUT2D eigenvalue weighted by Gasteiger charge is -2.24. The Bertz CT molecular complexity index is 300. The highest BCUT2D eigenvalue weighted by molar-refractivity contribution is 9.08. The Balaban J connectivity index is 2.70. The summed E-state index contributed by atoms with van der Waals surface area (Å²) in [6, 6.07) is 7.71. The average molecular weight is 273 g/mol. The van der Waals surface area contributed by atoms with E-state index >= 15 is 0 Å². The number of alkyl halides is 1. The molecule has 0 aliphatic rings. The Hall–Kier alpha value is -0.380. The Morgan fingerprint density at radius 2 is 1.80 bits per heavy atom. The molecule has 0 spiro atoms. The summed E-state index contributed by atoms with van der Waals surface area (Å²) in [7, 11) is 0. The Morgan fingerprint density at radius 1 is 1.27 bits per heavy atom. The van der Waals surface area contributed by atoms with Gasteiger partial charge < -0.3 is 9.84 Å². The van der Waals surface area contributed by atoms with E-state index in [2.05, 4.69) is 15.9 Å².